The van der Waals surface area contributed by atoms with Crippen molar-refractivity contribution < 1.29 is 0 Å². The zero-order chi connectivity index (χ0) is 19.4. The van der Waals surface area contributed by atoms with Crippen LogP contribution in [0.25, 0.3) is 16.6 Å². The van der Waals surface area contributed by atoms with Gasteiger partial charge in [-0.25, -0.2) is 4.98 Å². The number of aromatic nitrogens is 4. The number of nitrogens with zero attached hydrogens (tertiary/aromatic N) is 4. The lowest BCUT2D eigenvalue weighted by atomic mass is 10.0. The molecule has 0 saturated carbocycles. The average molecular weight is 361 g/mol. The molecule has 0 aromatic carbocycles. The number of hydrogen-bond acceptors (Lipinski definition) is 7. The number of fused-ring (bicyclic) bond motifs is 1. The number of rotatable bonds is 6. The molecule has 0 radical (unpaired) electrons. The molecular formula is C20H23N7. The van der Waals surface area contributed by atoms with Gasteiger partial charge in [0.1, 0.15) is 5.82 Å². The van der Waals surface area contributed by atoms with Crippen LogP contribution >= 0.6 is 0 Å². The van der Waals surface area contributed by atoms with Crippen molar-refractivity contribution in [1.82, 2.24) is 25.5 Å². The van der Waals surface area contributed by atoms with E-state index in [0.717, 1.165) is 27.7 Å². The Morgan fingerprint density at radius 3 is 2.63 bits per heavy atom. The molecule has 7 heteroatoms. The molecule has 0 aliphatic heterocycles. The summed E-state index contributed by atoms with van der Waals surface area (Å²) in [4.78, 5) is 9.12. The summed E-state index contributed by atoms with van der Waals surface area (Å²) in [6, 6.07) is 7.69. The normalized spacial score (nSPS) is 11.7. The van der Waals surface area contributed by atoms with Crippen LogP contribution < -0.4 is 10.6 Å². The van der Waals surface area contributed by atoms with E-state index < -0.39 is 0 Å². The zero-order valence-electron chi connectivity index (χ0n) is 15.9. The molecular weight excluding hydrogens is 338 g/mol. The van der Waals surface area contributed by atoms with Crippen molar-refractivity contribution >= 4 is 34.0 Å². The highest BCUT2D eigenvalue weighted by Gasteiger charge is 2.09. The molecule has 3 rings (SSSR count). The summed E-state index contributed by atoms with van der Waals surface area (Å²) in [6.07, 6.45) is 5.32. The largest absolute Gasteiger partial charge is 0.393 e. The molecule has 3 aromatic rings. The number of nitrogens with one attached hydrogen (secondary N) is 3. The lowest BCUT2D eigenvalue weighted by Crippen LogP contribution is -2.03. The summed E-state index contributed by atoms with van der Waals surface area (Å²) in [6.45, 7) is 5.98. The zero-order valence-corrected chi connectivity index (χ0v) is 15.9. The van der Waals surface area contributed by atoms with Gasteiger partial charge < -0.3 is 16.0 Å². The van der Waals surface area contributed by atoms with E-state index in [1.54, 1.807) is 25.5 Å². The first-order valence-electron chi connectivity index (χ1n) is 8.77. The van der Waals surface area contributed by atoms with Crippen LogP contribution in [0.2, 0.25) is 0 Å². The molecule has 7 nitrogen and oxygen atoms in total. The molecule has 138 valence electrons. The molecule has 3 aromatic heterocycles. The van der Waals surface area contributed by atoms with E-state index in [9.17, 15) is 0 Å². The Hall–Kier alpha value is -3.35. The van der Waals surface area contributed by atoms with Gasteiger partial charge in [-0.15, -0.1) is 5.10 Å². The molecule has 0 bridgehead atoms. The van der Waals surface area contributed by atoms with Gasteiger partial charge in [0, 0.05) is 36.3 Å². The molecule has 0 aliphatic carbocycles. The fourth-order valence-electron chi connectivity index (χ4n) is 2.67. The van der Waals surface area contributed by atoms with Crippen molar-refractivity contribution in [1.29, 1.82) is 5.41 Å². The summed E-state index contributed by atoms with van der Waals surface area (Å²) in [5.74, 6) is 1.70. The fourth-order valence-corrected chi connectivity index (χ4v) is 2.67. The highest BCUT2D eigenvalue weighted by molar-refractivity contribution is 6.21. The first-order chi connectivity index (χ1) is 13.0. The summed E-state index contributed by atoms with van der Waals surface area (Å²) in [5, 5.41) is 22.3. The van der Waals surface area contributed by atoms with Gasteiger partial charge in [-0.05, 0) is 42.7 Å². The van der Waals surface area contributed by atoms with Crippen LogP contribution in [0.15, 0.2) is 42.9 Å². The van der Waals surface area contributed by atoms with Crippen LogP contribution in [0.4, 0.5) is 11.6 Å². The van der Waals surface area contributed by atoms with Gasteiger partial charge in [-0.1, -0.05) is 13.8 Å². The molecule has 3 heterocycles. The van der Waals surface area contributed by atoms with Gasteiger partial charge in [0.05, 0.1) is 17.2 Å². The van der Waals surface area contributed by atoms with Gasteiger partial charge in [-0.2, -0.15) is 5.10 Å². The van der Waals surface area contributed by atoms with Gasteiger partial charge in [-0.3, -0.25) is 4.98 Å². The maximum absolute atomic E-state index is 7.96. The summed E-state index contributed by atoms with van der Waals surface area (Å²) < 4.78 is 0. The van der Waals surface area contributed by atoms with Crippen LogP contribution in [0.3, 0.4) is 0 Å². The Kier molecular flexibility index (Phi) is 5.40. The molecule has 0 amide bonds. The Bertz CT molecular complexity index is 1010. The quantitative estimate of drug-likeness (QED) is 0.576. The Morgan fingerprint density at radius 1 is 1.11 bits per heavy atom. The third-order valence-electron chi connectivity index (χ3n) is 4.14. The van der Waals surface area contributed by atoms with Gasteiger partial charge in [0.15, 0.2) is 5.82 Å². The molecule has 3 N–H and O–H groups in total. The standard InChI is InChI=1S/C20H23N7/c1-12(2)14-8-20(27-24-10-14)26-19-6-5-17-18(25-19)7-15(9-23-17)16(11-22-4)13(3)21/h5-12,21-22H,1-4H3,(H,25,26,27)/b16-11+,21-13?. The third kappa shape index (κ3) is 4.25. The van der Waals surface area contributed by atoms with Gasteiger partial charge in [0.25, 0.3) is 0 Å². The van der Waals surface area contributed by atoms with Crippen molar-refractivity contribution in [3.05, 3.63) is 54.0 Å². The van der Waals surface area contributed by atoms with Crippen molar-refractivity contribution in [3.8, 4) is 0 Å². The van der Waals surface area contributed by atoms with E-state index in [2.05, 4.69) is 44.6 Å². The number of allylic oxidation sites excluding steroid dienone is 1. The highest BCUT2D eigenvalue weighted by atomic mass is 15.2. The predicted octanol–water partition coefficient (Wildman–Crippen LogP) is 3.89. The minimum atomic E-state index is 0.374. The Morgan fingerprint density at radius 2 is 1.93 bits per heavy atom. The van der Waals surface area contributed by atoms with E-state index in [0.29, 0.717) is 23.3 Å². The predicted molar refractivity (Wildman–Crippen MR) is 109 cm³/mol. The average Bonchev–Trinajstić information content (AvgIpc) is 2.65. The number of hydrogen-bond donors (Lipinski definition) is 3. The van der Waals surface area contributed by atoms with E-state index in [1.165, 1.54) is 0 Å². The van der Waals surface area contributed by atoms with Crippen molar-refractivity contribution in [3.63, 3.8) is 0 Å². The molecule has 0 fully saturated rings. The second-order valence-corrected chi connectivity index (χ2v) is 6.58. The van der Waals surface area contributed by atoms with E-state index >= 15 is 0 Å². The first kappa shape index (κ1) is 18.4. The molecule has 0 saturated heterocycles. The molecule has 27 heavy (non-hydrogen) atoms. The van der Waals surface area contributed by atoms with Crippen LogP contribution in [-0.2, 0) is 0 Å². The maximum Gasteiger partial charge on any atom is 0.154 e. The van der Waals surface area contributed by atoms with Gasteiger partial charge >= 0.3 is 0 Å². The summed E-state index contributed by atoms with van der Waals surface area (Å²) in [5.41, 5.74) is 4.73. The fraction of sp³-hybridized carbons (Fsp3) is 0.250. The topological polar surface area (TPSA) is 99.5 Å². The molecule has 0 atom stereocenters. The Labute approximate surface area is 158 Å². The summed E-state index contributed by atoms with van der Waals surface area (Å²) >= 11 is 0. The third-order valence-corrected chi connectivity index (χ3v) is 4.14. The summed E-state index contributed by atoms with van der Waals surface area (Å²) in [7, 11) is 1.81. The highest BCUT2D eigenvalue weighted by Crippen LogP contribution is 2.22. The van der Waals surface area contributed by atoms with Crippen molar-refractivity contribution in [2.45, 2.75) is 26.7 Å². The lowest BCUT2D eigenvalue weighted by Gasteiger charge is -2.10. The SMILES string of the molecule is CN/C=C(\C(C)=N)c1cnc2ccc(Nc3cc(C(C)C)cnn3)nc2c1. The first-order valence-corrected chi connectivity index (χ1v) is 8.77. The second kappa shape index (κ2) is 7.90. The number of anilines is 2. The van der Waals surface area contributed by atoms with Crippen molar-refractivity contribution in [2.24, 2.45) is 0 Å². The van der Waals surface area contributed by atoms with Crippen LogP contribution in [0.5, 0.6) is 0 Å². The van der Waals surface area contributed by atoms with E-state index in [1.807, 2.05) is 31.3 Å². The Balaban J connectivity index is 1.95. The number of pyridine rings is 2. The smallest absolute Gasteiger partial charge is 0.154 e. The van der Waals surface area contributed by atoms with Crippen LogP contribution in [0, 0.1) is 5.41 Å². The monoisotopic (exact) mass is 361 g/mol. The van der Waals surface area contributed by atoms with E-state index in [-0.39, 0.29) is 0 Å². The second-order valence-electron chi connectivity index (χ2n) is 6.58. The molecule has 0 unspecified atom stereocenters. The van der Waals surface area contributed by atoms with Crippen molar-refractivity contribution in [2.75, 3.05) is 12.4 Å². The minimum absolute atomic E-state index is 0.374. The van der Waals surface area contributed by atoms with Crippen LogP contribution in [0.1, 0.15) is 37.8 Å². The lowest BCUT2D eigenvalue weighted by molar-refractivity contribution is 0.843. The molecule has 0 spiro atoms. The van der Waals surface area contributed by atoms with Crippen LogP contribution in [-0.4, -0.2) is 32.9 Å². The van der Waals surface area contributed by atoms with Gasteiger partial charge in [0.2, 0.25) is 0 Å². The van der Waals surface area contributed by atoms with E-state index in [4.69, 9.17) is 5.41 Å². The molecule has 0 aliphatic rings. The maximum atomic E-state index is 7.96. The minimum Gasteiger partial charge on any atom is -0.393 e.